The predicted octanol–water partition coefficient (Wildman–Crippen LogP) is 4.22. The Hall–Kier alpha value is -1.12. The molecule has 1 aromatic carbocycles. The lowest BCUT2D eigenvalue weighted by Gasteiger charge is -2.02. The number of halogens is 1. The Morgan fingerprint density at radius 1 is 1.25 bits per heavy atom. The highest BCUT2D eigenvalue weighted by Gasteiger charge is 2.09. The van der Waals surface area contributed by atoms with Crippen LogP contribution in [0.2, 0.25) is 5.02 Å². The average molecular weight is 251 g/mol. The minimum absolute atomic E-state index is 0.108. The molecule has 0 saturated carbocycles. The first-order valence-electron chi connectivity index (χ1n) is 5.06. The zero-order chi connectivity index (χ0) is 11.4. The molecule has 0 aliphatic carbocycles. The number of ketones is 1. The summed E-state index contributed by atoms with van der Waals surface area (Å²) < 4.78 is 0. The van der Waals surface area contributed by atoms with E-state index in [1.807, 2.05) is 23.6 Å². The summed E-state index contributed by atoms with van der Waals surface area (Å²) in [5, 5.41) is 4.63. The Morgan fingerprint density at radius 3 is 2.75 bits per heavy atom. The second kappa shape index (κ2) is 5.28. The van der Waals surface area contributed by atoms with E-state index in [4.69, 9.17) is 11.6 Å². The van der Waals surface area contributed by atoms with Crippen LogP contribution in [0.4, 0.5) is 0 Å². The Labute approximate surface area is 104 Å². The number of aryl methyl sites for hydroxylation is 1. The summed E-state index contributed by atoms with van der Waals surface area (Å²) in [5.74, 6) is 0.108. The fourth-order valence-corrected chi connectivity index (χ4v) is 2.46. The first-order chi connectivity index (χ1) is 7.77. The molecule has 0 amide bonds. The van der Waals surface area contributed by atoms with E-state index in [-0.39, 0.29) is 5.78 Å². The Morgan fingerprint density at radius 2 is 2.06 bits per heavy atom. The van der Waals surface area contributed by atoms with Crippen molar-refractivity contribution in [3.05, 3.63) is 57.2 Å². The van der Waals surface area contributed by atoms with Gasteiger partial charge in [0.1, 0.15) is 0 Å². The molecular formula is C13H11ClOS. The van der Waals surface area contributed by atoms with Crippen molar-refractivity contribution in [1.29, 1.82) is 0 Å². The molecule has 0 unspecified atom stereocenters. The molecule has 82 valence electrons. The first kappa shape index (κ1) is 11.4. The number of Topliss-reactive ketones (excluding diaryl/α,β-unsaturated/α-hetero) is 1. The molecule has 0 spiro atoms. The van der Waals surface area contributed by atoms with Crippen LogP contribution in [0.5, 0.6) is 0 Å². The van der Waals surface area contributed by atoms with Gasteiger partial charge in [-0.25, -0.2) is 0 Å². The molecule has 3 heteroatoms. The van der Waals surface area contributed by atoms with Gasteiger partial charge in [-0.1, -0.05) is 23.7 Å². The van der Waals surface area contributed by atoms with E-state index in [0.717, 1.165) is 6.42 Å². The van der Waals surface area contributed by atoms with Crippen LogP contribution in [-0.2, 0) is 6.42 Å². The SMILES string of the molecule is O=C(CCc1ccsc1)c1ccccc1Cl. The molecular weight excluding hydrogens is 240 g/mol. The maximum Gasteiger partial charge on any atom is 0.164 e. The van der Waals surface area contributed by atoms with Crippen LogP contribution in [-0.4, -0.2) is 5.78 Å². The summed E-state index contributed by atoms with van der Waals surface area (Å²) in [6.07, 6.45) is 1.30. The first-order valence-corrected chi connectivity index (χ1v) is 6.38. The van der Waals surface area contributed by atoms with E-state index in [2.05, 4.69) is 5.38 Å². The third-order valence-corrected chi connectivity index (χ3v) is 3.46. The van der Waals surface area contributed by atoms with Gasteiger partial charge in [0.15, 0.2) is 5.78 Å². The molecule has 16 heavy (non-hydrogen) atoms. The number of carbonyl (C=O) groups is 1. The number of benzene rings is 1. The number of thiophene rings is 1. The van der Waals surface area contributed by atoms with Crippen molar-refractivity contribution in [1.82, 2.24) is 0 Å². The van der Waals surface area contributed by atoms with Crippen LogP contribution < -0.4 is 0 Å². The number of rotatable bonds is 4. The number of hydrogen-bond acceptors (Lipinski definition) is 2. The van der Waals surface area contributed by atoms with Crippen molar-refractivity contribution in [2.24, 2.45) is 0 Å². The van der Waals surface area contributed by atoms with Crippen LogP contribution in [0.15, 0.2) is 41.1 Å². The van der Waals surface area contributed by atoms with Gasteiger partial charge in [0.05, 0.1) is 5.02 Å². The van der Waals surface area contributed by atoms with Gasteiger partial charge in [-0.2, -0.15) is 11.3 Å². The van der Waals surface area contributed by atoms with Crippen LogP contribution >= 0.6 is 22.9 Å². The molecule has 1 nitrogen and oxygen atoms in total. The van der Waals surface area contributed by atoms with Crippen molar-refractivity contribution in [2.75, 3.05) is 0 Å². The van der Waals surface area contributed by atoms with Crippen molar-refractivity contribution in [3.63, 3.8) is 0 Å². The quantitative estimate of drug-likeness (QED) is 0.743. The minimum atomic E-state index is 0.108. The van der Waals surface area contributed by atoms with Crippen molar-refractivity contribution < 1.29 is 4.79 Å². The van der Waals surface area contributed by atoms with E-state index >= 15 is 0 Å². The van der Waals surface area contributed by atoms with Crippen molar-refractivity contribution in [3.8, 4) is 0 Å². The second-order valence-corrected chi connectivity index (χ2v) is 4.72. The van der Waals surface area contributed by atoms with Gasteiger partial charge >= 0.3 is 0 Å². The molecule has 0 aliphatic rings. The topological polar surface area (TPSA) is 17.1 Å². The van der Waals surface area contributed by atoms with Gasteiger partial charge in [0, 0.05) is 12.0 Å². The highest BCUT2D eigenvalue weighted by molar-refractivity contribution is 7.07. The third-order valence-electron chi connectivity index (χ3n) is 2.40. The third kappa shape index (κ3) is 2.71. The fraction of sp³-hybridized carbons (Fsp3) is 0.154. The standard InChI is InChI=1S/C13H11ClOS/c14-12-4-2-1-3-11(12)13(15)6-5-10-7-8-16-9-10/h1-4,7-9H,5-6H2. The van der Waals surface area contributed by atoms with E-state index in [1.165, 1.54) is 5.56 Å². The fourth-order valence-electron chi connectivity index (χ4n) is 1.51. The van der Waals surface area contributed by atoms with Gasteiger partial charge < -0.3 is 0 Å². The van der Waals surface area contributed by atoms with Gasteiger partial charge in [-0.05, 0) is 40.9 Å². The molecule has 2 aromatic rings. The number of hydrogen-bond donors (Lipinski definition) is 0. The molecule has 0 saturated heterocycles. The molecule has 2 rings (SSSR count). The molecule has 0 bridgehead atoms. The average Bonchev–Trinajstić information content (AvgIpc) is 2.79. The molecule has 0 N–H and O–H groups in total. The van der Waals surface area contributed by atoms with Crippen LogP contribution in [0.25, 0.3) is 0 Å². The van der Waals surface area contributed by atoms with Gasteiger partial charge in [-0.15, -0.1) is 0 Å². The molecule has 1 heterocycles. The highest BCUT2D eigenvalue weighted by atomic mass is 35.5. The van der Waals surface area contributed by atoms with Crippen molar-refractivity contribution in [2.45, 2.75) is 12.8 Å². The highest BCUT2D eigenvalue weighted by Crippen LogP contribution is 2.18. The minimum Gasteiger partial charge on any atom is -0.294 e. The zero-order valence-electron chi connectivity index (χ0n) is 8.65. The predicted molar refractivity (Wildman–Crippen MR) is 68.4 cm³/mol. The number of carbonyl (C=O) groups excluding carboxylic acids is 1. The van der Waals surface area contributed by atoms with Gasteiger partial charge in [-0.3, -0.25) is 4.79 Å². The summed E-state index contributed by atoms with van der Waals surface area (Å²) in [7, 11) is 0. The van der Waals surface area contributed by atoms with E-state index in [0.29, 0.717) is 17.0 Å². The van der Waals surface area contributed by atoms with Crippen LogP contribution in [0.1, 0.15) is 22.3 Å². The maximum atomic E-state index is 11.9. The molecule has 0 atom stereocenters. The normalized spacial score (nSPS) is 10.3. The molecule has 0 radical (unpaired) electrons. The lowest BCUT2D eigenvalue weighted by molar-refractivity contribution is 0.0983. The molecule has 0 aliphatic heterocycles. The summed E-state index contributed by atoms with van der Waals surface area (Å²) in [5.41, 5.74) is 1.84. The Bertz CT molecular complexity index is 476. The lowest BCUT2D eigenvalue weighted by atomic mass is 10.0. The Balaban J connectivity index is 2.01. The summed E-state index contributed by atoms with van der Waals surface area (Å²) in [4.78, 5) is 11.9. The molecule has 0 fully saturated rings. The maximum absolute atomic E-state index is 11.9. The summed E-state index contributed by atoms with van der Waals surface area (Å²) >= 11 is 7.61. The van der Waals surface area contributed by atoms with E-state index in [9.17, 15) is 4.79 Å². The molecule has 1 aromatic heterocycles. The monoisotopic (exact) mass is 250 g/mol. The van der Waals surface area contributed by atoms with E-state index in [1.54, 1.807) is 23.5 Å². The summed E-state index contributed by atoms with van der Waals surface area (Å²) in [6, 6.07) is 9.24. The van der Waals surface area contributed by atoms with Crippen molar-refractivity contribution >= 4 is 28.7 Å². The Kier molecular flexibility index (Phi) is 3.75. The summed E-state index contributed by atoms with van der Waals surface area (Å²) in [6.45, 7) is 0. The van der Waals surface area contributed by atoms with Crippen LogP contribution in [0, 0.1) is 0 Å². The van der Waals surface area contributed by atoms with Gasteiger partial charge in [0.2, 0.25) is 0 Å². The van der Waals surface area contributed by atoms with Gasteiger partial charge in [0.25, 0.3) is 0 Å². The smallest absolute Gasteiger partial charge is 0.164 e. The van der Waals surface area contributed by atoms with Crippen LogP contribution in [0.3, 0.4) is 0 Å². The van der Waals surface area contributed by atoms with E-state index < -0.39 is 0 Å². The lowest BCUT2D eigenvalue weighted by Crippen LogP contribution is -2.01. The zero-order valence-corrected chi connectivity index (χ0v) is 10.2. The largest absolute Gasteiger partial charge is 0.294 e. The second-order valence-electron chi connectivity index (χ2n) is 3.53.